The molecule has 120 valence electrons. The molecule has 1 unspecified atom stereocenters. The number of phenols is 2. The number of rotatable bonds is 3. The number of phenolic OH excluding ortho intramolecular Hbond substituents is 2. The summed E-state index contributed by atoms with van der Waals surface area (Å²) in [6.07, 6.45) is 5.42. The maximum absolute atomic E-state index is 11.1. The van der Waals surface area contributed by atoms with Crippen molar-refractivity contribution >= 4 is 12.0 Å². The number of hydrogen-bond donors (Lipinski definition) is 2. The highest BCUT2D eigenvalue weighted by Gasteiger charge is 2.21. The molecule has 24 heavy (non-hydrogen) atoms. The van der Waals surface area contributed by atoms with Crippen molar-refractivity contribution in [3.05, 3.63) is 83.1 Å². The maximum Gasteiger partial charge on any atom is 0.128 e. The Morgan fingerprint density at radius 3 is 2.21 bits per heavy atom. The van der Waals surface area contributed by atoms with Crippen LogP contribution in [0.4, 0.5) is 0 Å². The van der Waals surface area contributed by atoms with Crippen LogP contribution in [0.25, 0.3) is 6.08 Å². The lowest BCUT2D eigenvalue weighted by Gasteiger charge is -2.24. The highest BCUT2D eigenvalue weighted by atomic mass is 16.5. The molecule has 0 aromatic heterocycles. The van der Waals surface area contributed by atoms with E-state index in [4.69, 9.17) is 4.74 Å². The van der Waals surface area contributed by atoms with E-state index in [9.17, 15) is 15.0 Å². The van der Waals surface area contributed by atoms with Crippen molar-refractivity contribution < 1.29 is 19.7 Å². The van der Waals surface area contributed by atoms with Crippen LogP contribution in [0.2, 0.25) is 0 Å². The largest absolute Gasteiger partial charge is 0.508 e. The molecule has 2 aromatic carbocycles. The molecule has 0 bridgehead atoms. The van der Waals surface area contributed by atoms with E-state index in [0.29, 0.717) is 17.8 Å². The van der Waals surface area contributed by atoms with Gasteiger partial charge in [-0.25, -0.2) is 4.79 Å². The quantitative estimate of drug-likeness (QED) is 0.841. The van der Waals surface area contributed by atoms with Crippen LogP contribution in [0.15, 0.2) is 72.0 Å². The zero-order chi connectivity index (χ0) is 16.9. The number of hydrogen-bond acceptors (Lipinski definition) is 4. The fourth-order valence-corrected chi connectivity index (χ4v) is 2.47. The Bertz CT molecular complexity index is 823. The Kier molecular flexibility index (Phi) is 4.50. The third-order valence-corrected chi connectivity index (χ3v) is 3.73. The van der Waals surface area contributed by atoms with Crippen molar-refractivity contribution in [1.29, 1.82) is 0 Å². The van der Waals surface area contributed by atoms with Crippen molar-refractivity contribution in [2.45, 2.75) is 12.5 Å². The molecule has 4 nitrogen and oxygen atoms in total. The average Bonchev–Trinajstić information content (AvgIpc) is 2.61. The first-order valence-corrected chi connectivity index (χ1v) is 7.52. The minimum atomic E-state index is -0.300. The van der Waals surface area contributed by atoms with Gasteiger partial charge in [0.1, 0.15) is 29.3 Å². The van der Waals surface area contributed by atoms with E-state index >= 15 is 0 Å². The lowest BCUT2D eigenvalue weighted by atomic mass is 9.99. The summed E-state index contributed by atoms with van der Waals surface area (Å²) in [5.74, 6) is 2.90. The summed E-state index contributed by atoms with van der Waals surface area (Å²) in [6.45, 7) is 0. The SMILES string of the molecule is O=C=C1C=C(C=Cc2ccc(O)cc2)OC(c2ccc(O)cc2)C1. The van der Waals surface area contributed by atoms with E-state index in [1.165, 1.54) is 0 Å². The molecule has 0 spiro atoms. The van der Waals surface area contributed by atoms with E-state index in [-0.39, 0.29) is 17.6 Å². The first-order valence-electron chi connectivity index (χ1n) is 7.52. The second-order valence-electron chi connectivity index (χ2n) is 5.50. The summed E-state index contributed by atoms with van der Waals surface area (Å²) < 4.78 is 5.93. The van der Waals surface area contributed by atoms with Gasteiger partial charge in [0.2, 0.25) is 0 Å². The summed E-state index contributed by atoms with van der Waals surface area (Å²) in [6, 6.07) is 13.5. The summed E-state index contributed by atoms with van der Waals surface area (Å²) in [7, 11) is 0. The summed E-state index contributed by atoms with van der Waals surface area (Å²) in [5.41, 5.74) is 2.31. The van der Waals surface area contributed by atoms with Crippen LogP contribution in [-0.2, 0) is 9.53 Å². The Hall–Kier alpha value is -3.23. The highest BCUT2D eigenvalue weighted by molar-refractivity contribution is 5.61. The standard InChI is InChI=1S/C20H16O4/c21-13-15-11-19(10-3-14-1-6-17(22)7-2-14)24-20(12-15)16-4-8-18(23)9-5-16/h1-11,20,22-23H,12H2. The van der Waals surface area contributed by atoms with Gasteiger partial charge in [-0.3, -0.25) is 0 Å². The lowest BCUT2D eigenvalue weighted by Crippen LogP contribution is -2.10. The molecular weight excluding hydrogens is 304 g/mol. The summed E-state index contributed by atoms with van der Waals surface area (Å²) >= 11 is 0. The van der Waals surface area contributed by atoms with Gasteiger partial charge in [-0.05, 0) is 47.5 Å². The zero-order valence-electron chi connectivity index (χ0n) is 12.8. The predicted octanol–water partition coefficient (Wildman–Crippen LogP) is 3.91. The van der Waals surface area contributed by atoms with Gasteiger partial charge < -0.3 is 14.9 Å². The molecule has 0 aliphatic carbocycles. The normalized spacial score (nSPS) is 17.2. The van der Waals surface area contributed by atoms with Crippen LogP contribution < -0.4 is 0 Å². The van der Waals surface area contributed by atoms with Gasteiger partial charge in [-0.15, -0.1) is 0 Å². The molecule has 0 amide bonds. The first kappa shape index (κ1) is 15.7. The highest BCUT2D eigenvalue weighted by Crippen LogP contribution is 2.33. The van der Waals surface area contributed by atoms with Crippen molar-refractivity contribution in [2.24, 2.45) is 0 Å². The molecular formula is C20H16O4. The predicted molar refractivity (Wildman–Crippen MR) is 91.0 cm³/mol. The van der Waals surface area contributed by atoms with Gasteiger partial charge in [-0.2, -0.15) is 0 Å². The van der Waals surface area contributed by atoms with E-state index in [1.54, 1.807) is 60.7 Å². The lowest BCUT2D eigenvalue weighted by molar-refractivity contribution is 0.119. The van der Waals surface area contributed by atoms with Gasteiger partial charge in [-0.1, -0.05) is 30.3 Å². The van der Waals surface area contributed by atoms with Gasteiger partial charge in [0.25, 0.3) is 0 Å². The van der Waals surface area contributed by atoms with E-state index in [1.807, 2.05) is 12.0 Å². The van der Waals surface area contributed by atoms with Crippen LogP contribution >= 0.6 is 0 Å². The molecule has 3 rings (SSSR count). The number of ether oxygens (including phenoxy) is 1. The Labute approximate surface area is 139 Å². The van der Waals surface area contributed by atoms with E-state index in [0.717, 1.165) is 11.1 Å². The number of carbonyl (C=O) groups excluding carboxylic acids is 1. The van der Waals surface area contributed by atoms with E-state index in [2.05, 4.69) is 0 Å². The van der Waals surface area contributed by atoms with Crippen LogP contribution in [0.3, 0.4) is 0 Å². The molecule has 4 heteroatoms. The number of allylic oxidation sites excluding steroid dienone is 2. The minimum Gasteiger partial charge on any atom is -0.508 e. The molecule has 0 fully saturated rings. The van der Waals surface area contributed by atoms with Crippen molar-refractivity contribution in [2.75, 3.05) is 0 Å². The Balaban J connectivity index is 1.81. The molecule has 0 radical (unpaired) electrons. The van der Waals surface area contributed by atoms with Crippen LogP contribution in [0.5, 0.6) is 11.5 Å². The Morgan fingerprint density at radius 2 is 1.58 bits per heavy atom. The van der Waals surface area contributed by atoms with Gasteiger partial charge >= 0.3 is 0 Å². The fourth-order valence-electron chi connectivity index (χ4n) is 2.47. The third kappa shape index (κ3) is 3.75. The molecule has 1 aliphatic heterocycles. The van der Waals surface area contributed by atoms with Crippen LogP contribution in [-0.4, -0.2) is 16.2 Å². The molecule has 2 aromatic rings. The smallest absolute Gasteiger partial charge is 0.128 e. The molecule has 1 atom stereocenters. The molecule has 1 heterocycles. The monoisotopic (exact) mass is 320 g/mol. The van der Waals surface area contributed by atoms with E-state index < -0.39 is 0 Å². The fraction of sp³-hybridized carbons (Fsp3) is 0.100. The molecule has 1 aliphatic rings. The Morgan fingerprint density at radius 1 is 0.958 bits per heavy atom. The van der Waals surface area contributed by atoms with Gasteiger partial charge in [0, 0.05) is 12.0 Å². The molecule has 0 saturated heterocycles. The zero-order valence-corrected chi connectivity index (χ0v) is 12.8. The maximum atomic E-state index is 11.1. The van der Waals surface area contributed by atoms with Gasteiger partial charge in [0.05, 0.1) is 0 Å². The minimum absolute atomic E-state index is 0.184. The topological polar surface area (TPSA) is 66.8 Å². The summed E-state index contributed by atoms with van der Waals surface area (Å²) in [5, 5.41) is 18.7. The van der Waals surface area contributed by atoms with Crippen molar-refractivity contribution in [1.82, 2.24) is 0 Å². The second kappa shape index (κ2) is 6.90. The molecule has 2 N–H and O–H groups in total. The molecule has 0 saturated carbocycles. The van der Waals surface area contributed by atoms with Crippen molar-refractivity contribution in [3.63, 3.8) is 0 Å². The second-order valence-corrected chi connectivity index (χ2v) is 5.50. The van der Waals surface area contributed by atoms with Crippen LogP contribution in [0.1, 0.15) is 23.7 Å². The average molecular weight is 320 g/mol. The summed E-state index contributed by atoms with van der Waals surface area (Å²) in [4.78, 5) is 11.1. The van der Waals surface area contributed by atoms with Crippen molar-refractivity contribution in [3.8, 4) is 11.5 Å². The first-order chi connectivity index (χ1) is 11.6. The number of benzene rings is 2. The number of aromatic hydroxyl groups is 2. The van der Waals surface area contributed by atoms with Gasteiger partial charge in [0.15, 0.2) is 0 Å². The third-order valence-electron chi connectivity index (χ3n) is 3.73. The van der Waals surface area contributed by atoms with Crippen LogP contribution in [0, 0.1) is 0 Å².